The topological polar surface area (TPSA) is 65.0 Å². The molecule has 0 saturated carbocycles. The van der Waals surface area contributed by atoms with E-state index in [0.717, 1.165) is 25.5 Å². The molecule has 6 nitrogen and oxygen atoms in total. The summed E-state index contributed by atoms with van der Waals surface area (Å²) in [6.07, 6.45) is 0.955. The monoisotopic (exact) mass is 502 g/mol. The molecule has 0 unspecified atom stereocenters. The van der Waals surface area contributed by atoms with Crippen LogP contribution in [0.5, 0.6) is 0 Å². The van der Waals surface area contributed by atoms with Crippen molar-refractivity contribution >= 4 is 51.3 Å². The molecule has 0 aliphatic carbocycles. The standard InChI is InChI=1S/C16H30N4O2S2.HI/c1-5-17-16(19(4)12-10-15-9-8-13-23-15)18-11-14-24(21,22)20(6-2)7-3;/h8-9,13H,5-7,10-12,14H2,1-4H3,(H,17,18);1H. The first kappa shape index (κ1) is 24.6. The van der Waals surface area contributed by atoms with Gasteiger partial charge in [-0.3, -0.25) is 4.99 Å². The molecule has 0 aliphatic rings. The largest absolute Gasteiger partial charge is 0.357 e. The quantitative estimate of drug-likeness (QED) is 0.304. The molecule has 0 spiro atoms. The Balaban J connectivity index is 0.00000576. The summed E-state index contributed by atoms with van der Waals surface area (Å²) < 4.78 is 25.9. The predicted octanol–water partition coefficient (Wildman–Crippen LogP) is 2.48. The number of nitrogens with zero attached hydrogens (tertiary/aromatic N) is 3. The number of rotatable bonds is 10. The van der Waals surface area contributed by atoms with E-state index in [1.807, 2.05) is 32.7 Å². The maximum Gasteiger partial charge on any atom is 0.215 e. The number of hydrogen-bond acceptors (Lipinski definition) is 4. The molecule has 1 aromatic rings. The fourth-order valence-corrected chi connectivity index (χ4v) is 4.39. The number of likely N-dealkylation sites (N-methyl/N-ethyl adjacent to an activating group) is 1. The highest BCUT2D eigenvalue weighted by Gasteiger charge is 2.18. The maximum absolute atomic E-state index is 12.2. The minimum Gasteiger partial charge on any atom is -0.357 e. The highest BCUT2D eigenvalue weighted by atomic mass is 127. The molecule has 146 valence electrons. The maximum atomic E-state index is 12.2. The number of guanidine groups is 1. The first-order chi connectivity index (χ1) is 11.4. The Morgan fingerprint density at radius 3 is 2.48 bits per heavy atom. The van der Waals surface area contributed by atoms with E-state index >= 15 is 0 Å². The van der Waals surface area contributed by atoms with Crippen molar-refractivity contribution in [2.75, 3.05) is 45.5 Å². The molecule has 1 heterocycles. The van der Waals surface area contributed by atoms with Crippen LogP contribution in [0.15, 0.2) is 22.5 Å². The zero-order valence-corrected chi connectivity index (χ0v) is 19.5. The molecule has 0 atom stereocenters. The Morgan fingerprint density at radius 2 is 1.96 bits per heavy atom. The fourth-order valence-electron chi connectivity index (χ4n) is 2.32. The van der Waals surface area contributed by atoms with E-state index in [2.05, 4.69) is 27.8 Å². The third-order valence-corrected chi connectivity index (χ3v) is 6.62. The van der Waals surface area contributed by atoms with Gasteiger partial charge in [0.2, 0.25) is 10.0 Å². The minimum atomic E-state index is -3.22. The molecule has 1 rings (SSSR count). The molecule has 25 heavy (non-hydrogen) atoms. The Bertz CT molecular complexity index is 587. The van der Waals surface area contributed by atoms with Crippen molar-refractivity contribution in [2.24, 2.45) is 4.99 Å². The van der Waals surface area contributed by atoms with Gasteiger partial charge in [-0.05, 0) is 24.8 Å². The SMILES string of the molecule is CCNC(=NCCS(=O)(=O)N(CC)CC)N(C)CCc1cccs1.I. The lowest BCUT2D eigenvalue weighted by Gasteiger charge is -2.22. The summed E-state index contributed by atoms with van der Waals surface area (Å²) in [7, 11) is -1.24. The molecule has 0 fully saturated rings. The van der Waals surface area contributed by atoms with Gasteiger partial charge >= 0.3 is 0 Å². The molecular formula is C16H31IN4O2S2. The highest BCUT2D eigenvalue weighted by molar-refractivity contribution is 14.0. The number of hydrogen-bond donors (Lipinski definition) is 1. The van der Waals surface area contributed by atoms with Crippen molar-refractivity contribution in [2.45, 2.75) is 27.2 Å². The summed E-state index contributed by atoms with van der Waals surface area (Å²) in [5, 5.41) is 5.30. The van der Waals surface area contributed by atoms with Gasteiger partial charge in [0, 0.05) is 38.1 Å². The second kappa shape index (κ2) is 12.9. The molecule has 1 N–H and O–H groups in total. The molecule has 0 radical (unpaired) electrons. The number of halogens is 1. The van der Waals surface area contributed by atoms with Crippen LogP contribution in [0.4, 0.5) is 0 Å². The summed E-state index contributed by atoms with van der Waals surface area (Å²) >= 11 is 1.75. The van der Waals surface area contributed by atoms with Crippen molar-refractivity contribution in [3.05, 3.63) is 22.4 Å². The summed E-state index contributed by atoms with van der Waals surface area (Å²) in [5.74, 6) is 0.798. The van der Waals surface area contributed by atoms with E-state index in [-0.39, 0.29) is 36.3 Å². The second-order valence-corrected chi connectivity index (χ2v) is 8.51. The molecule has 0 amide bonds. The highest BCUT2D eigenvalue weighted by Crippen LogP contribution is 2.09. The van der Waals surface area contributed by atoms with Gasteiger partial charge in [-0.1, -0.05) is 19.9 Å². The average Bonchev–Trinajstić information content (AvgIpc) is 3.06. The Labute approximate surface area is 173 Å². The molecule has 0 aromatic carbocycles. The van der Waals surface area contributed by atoms with Crippen molar-refractivity contribution < 1.29 is 8.42 Å². The van der Waals surface area contributed by atoms with Crippen LogP contribution in [0.3, 0.4) is 0 Å². The molecule has 0 aliphatic heterocycles. The van der Waals surface area contributed by atoms with E-state index in [0.29, 0.717) is 13.1 Å². The summed E-state index contributed by atoms with van der Waals surface area (Å²) in [4.78, 5) is 7.86. The van der Waals surface area contributed by atoms with Crippen LogP contribution in [-0.2, 0) is 16.4 Å². The van der Waals surface area contributed by atoms with E-state index in [4.69, 9.17) is 0 Å². The molecule has 1 aromatic heterocycles. The molecular weight excluding hydrogens is 471 g/mol. The third-order valence-electron chi connectivity index (χ3n) is 3.68. The minimum absolute atomic E-state index is 0. The normalized spacial score (nSPS) is 12.1. The van der Waals surface area contributed by atoms with Crippen molar-refractivity contribution in [1.29, 1.82) is 0 Å². The van der Waals surface area contributed by atoms with E-state index < -0.39 is 10.0 Å². The van der Waals surface area contributed by atoms with Gasteiger partial charge in [0.25, 0.3) is 0 Å². The Hall–Kier alpha value is -0.390. The molecule has 0 bridgehead atoms. The number of thiophene rings is 1. The lowest BCUT2D eigenvalue weighted by molar-refractivity contribution is 0.445. The first-order valence-electron chi connectivity index (χ1n) is 8.44. The van der Waals surface area contributed by atoms with Crippen LogP contribution in [0.2, 0.25) is 0 Å². The Morgan fingerprint density at radius 1 is 1.28 bits per heavy atom. The van der Waals surface area contributed by atoms with E-state index in [1.54, 1.807) is 11.3 Å². The van der Waals surface area contributed by atoms with Gasteiger partial charge in [-0.2, -0.15) is 0 Å². The van der Waals surface area contributed by atoms with E-state index in [1.165, 1.54) is 9.18 Å². The van der Waals surface area contributed by atoms with Crippen LogP contribution in [0.1, 0.15) is 25.6 Å². The molecule has 0 saturated heterocycles. The van der Waals surface area contributed by atoms with Crippen molar-refractivity contribution in [3.8, 4) is 0 Å². The predicted molar refractivity (Wildman–Crippen MR) is 119 cm³/mol. The lowest BCUT2D eigenvalue weighted by atomic mass is 10.3. The van der Waals surface area contributed by atoms with E-state index in [9.17, 15) is 8.42 Å². The zero-order valence-electron chi connectivity index (χ0n) is 15.6. The van der Waals surface area contributed by atoms with Gasteiger partial charge in [0.1, 0.15) is 0 Å². The fraction of sp³-hybridized carbons (Fsp3) is 0.688. The number of aliphatic imine (C=N–C) groups is 1. The van der Waals surface area contributed by atoms with Gasteiger partial charge < -0.3 is 10.2 Å². The lowest BCUT2D eigenvalue weighted by Crippen LogP contribution is -2.40. The Kier molecular flexibility index (Phi) is 12.7. The van der Waals surface area contributed by atoms with Gasteiger partial charge in [0.05, 0.1) is 12.3 Å². The average molecular weight is 502 g/mol. The smallest absolute Gasteiger partial charge is 0.215 e. The van der Waals surface area contributed by atoms with Crippen LogP contribution in [-0.4, -0.2) is 69.1 Å². The van der Waals surface area contributed by atoms with Crippen LogP contribution in [0, 0.1) is 0 Å². The van der Waals surface area contributed by atoms with Crippen LogP contribution in [0.25, 0.3) is 0 Å². The number of sulfonamides is 1. The third kappa shape index (κ3) is 8.69. The second-order valence-electron chi connectivity index (χ2n) is 5.39. The summed E-state index contributed by atoms with van der Waals surface area (Å²) in [6.45, 7) is 8.59. The summed E-state index contributed by atoms with van der Waals surface area (Å²) in [5.41, 5.74) is 0. The van der Waals surface area contributed by atoms with Crippen LogP contribution >= 0.6 is 35.3 Å². The zero-order chi connectivity index (χ0) is 18.0. The van der Waals surface area contributed by atoms with Gasteiger partial charge in [0.15, 0.2) is 5.96 Å². The summed E-state index contributed by atoms with van der Waals surface area (Å²) in [6, 6.07) is 4.18. The van der Waals surface area contributed by atoms with Crippen LogP contribution < -0.4 is 5.32 Å². The molecule has 9 heteroatoms. The van der Waals surface area contributed by atoms with Gasteiger partial charge in [-0.25, -0.2) is 12.7 Å². The van der Waals surface area contributed by atoms with Crippen molar-refractivity contribution in [1.82, 2.24) is 14.5 Å². The first-order valence-corrected chi connectivity index (χ1v) is 10.9. The van der Waals surface area contributed by atoms with Gasteiger partial charge in [-0.15, -0.1) is 35.3 Å². The number of nitrogens with one attached hydrogen (secondary N) is 1. The van der Waals surface area contributed by atoms with Crippen molar-refractivity contribution in [3.63, 3.8) is 0 Å².